The standard InChI is InChI=1S/C16H16F3N3O2/c1-9-3-4-22-14(21(9)2)7-13(20-16(22)23)24-8-10-5-11(17)15(19)12(18)6-10/h5-7,9H,3-4,8H2,1-2H3/t9-/m1/s1/i8D2. The Labute approximate surface area is 139 Å². The minimum atomic E-state index is -2.73. The molecule has 0 bridgehead atoms. The molecule has 0 saturated heterocycles. The van der Waals surface area contributed by atoms with Gasteiger partial charge in [-0.1, -0.05) is 0 Å². The number of rotatable bonds is 3. The maximum absolute atomic E-state index is 13.4. The Morgan fingerprint density at radius 2 is 2.00 bits per heavy atom. The van der Waals surface area contributed by atoms with Crippen molar-refractivity contribution in [2.24, 2.45) is 0 Å². The molecule has 1 aliphatic heterocycles. The molecule has 1 aromatic carbocycles. The van der Waals surface area contributed by atoms with Crippen LogP contribution < -0.4 is 15.3 Å². The second-order valence-electron chi connectivity index (χ2n) is 5.59. The van der Waals surface area contributed by atoms with Gasteiger partial charge in [-0.15, -0.1) is 0 Å². The molecular weight excluding hydrogens is 323 g/mol. The summed E-state index contributed by atoms with van der Waals surface area (Å²) in [6, 6.07) is 2.53. The summed E-state index contributed by atoms with van der Waals surface area (Å²) < 4.78 is 62.1. The first-order chi connectivity index (χ1) is 12.1. The van der Waals surface area contributed by atoms with Crippen LogP contribution in [0.25, 0.3) is 0 Å². The number of halogens is 3. The van der Waals surface area contributed by atoms with Crippen LogP contribution in [0.5, 0.6) is 5.88 Å². The van der Waals surface area contributed by atoms with Gasteiger partial charge in [-0.3, -0.25) is 4.57 Å². The van der Waals surface area contributed by atoms with Gasteiger partial charge in [0.15, 0.2) is 17.5 Å². The van der Waals surface area contributed by atoms with Crippen LogP contribution in [0, 0.1) is 17.5 Å². The van der Waals surface area contributed by atoms with Crippen LogP contribution >= 0.6 is 0 Å². The highest BCUT2D eigenvalue weighted by Gasteiger charge is 2.22. The van der Waals surface area contributed by atoms with E-state index < -0.39 is 35.3 Å². The number of ether oxygens (including phenoxy) is 1. The monoisotopic (exact) mass is 341 g/mol. The third kappa shape index (κ3) is 2.95. The summed E-state index contributed by atoms with van der Waals surface area (Å²) in [5.41, 5.74) is -1.20. The molecule has 1 aromatic heterocycles. The first-order valence-corrected chi connectivity index (χ1v) is 7.29. The van der Waals surface area contributed by atoms with Gasteiger partial charge < -0.3 is 9.64 Å². The van der Waals surface area contributed by atoms with Gasteiger partial charge in [0.2, 0.25) is 5.88 Å². The highest BCUT2D eigenvalue weighted by molar-refractivity contribution is 5.43. The Bertz CT molecular complexity index is 897. The average molecular weight is 341 g/mol. The maximum atomic E-state index is 13.4. The third-order valence-electron chi connectivity index (χ3n) is 4.02. The highest BCUT2D eigenvalue weighted by Crippen LogP contribution is 2.24. The van der Waals surface area contributed by atoms with Gasteiger partial charge in [-0.05, 0) is 31.0 Å². The molecule has 3 rings (SSSR count). The van der Waals surface area contributed by atoms with Crippen LogP contribution in [0.2, 0.25) is 0 Å². The molecule has 0 saturated carbocycles. The lowest BCUT2D eigenvalue weighted by atomic mass is 10.1. The van der Waals surface area contributed by atoms with Crippen LogP contribution in [0.1, 0.15) is 21.6 Å². The molecule has 0 N–H and O–H groups in total. The third-order valence-corrected chi connectivity index (χ3v) is 4.02. The lowest BCUT2D eigenvalue weighted by molar-refractivity contribution is 0.287. The number of fused-ring (bicyclic) bond motifs is 1. The van der Waals surface area contributed by atoms with Gasteiger partial charge in [0.1, 0.15) is 12.4 Å². The number of aromatic nitrogens is 2. The van der Waals surface area contributed by atoms with E-state index in [0.717, 1.165) is 6.42 Å². The summed E-state index contributed by atoms with van der Waals surface area (Å²) in [7, 11) is 1.78. The predicted molar refractivity (Wildman–Crippen MR) is 81.6 cm³/mol. The summed E-state index contributed by atoms with van der Waals surface area (Å²) in [5, 5.41) is 0. The van der Waals surface area contributed by atoms with Crippen molar-refractivity contribution in [3.8, 4) is 5.88 Å². The zero-order valence-electron chi connectivity index (χ0n) is 15.0. The molecule has 2 heterocycles. The van der Waals surface area contributed by atoms with Gasteiger partial charge >= 0.3 is 5.69 Å². The van der Waals surface area contributed by atoms with Crippen molar-refractivity contribution in [1.29, 1.82) is 0 Å². The minimum absolute atomic E-state index is 0.154. The van der Waals surface area contributed by atoms with Crippen LogP contribution in [-0.4, -0.2) is 22.6 Å². The molecule has 0 amide bonds. The van der Waals surface area contributed by atoms with Crippen molar-refractivity contribution >= 4 is 5.82 Å². The second kappa shape index (κ2) is 6.18. The van der Waals surface area contributed by atoms with E-state index in [9.17, 15) is 18.0 Å². The smallest absolute Gasteiger partial charge is 0.352 e. The molecule has 0 spiro atoms. The van der Waals surface area contributed by atoms with E-state index in [0.29, 0.717) is 24.5 Å². The molecule has 24 heavy (non-hydrogen) atoms. The van der Waals surface area contributed by atoms with Crippen LogP contribution in [0.3, 0.4) is 0 Å². The summed E-state index contributed by atoms with van der Waals surface area (Å²) in [6.45, 7) is -0.293. The van der Waals surface area contributed by atoms with E-state index in [4.69, 9.17) is 7.48 Å². The maximum Gasteiger partial charge on any atom is 0.352 e. The van der Waals surface area contributed by atoms with Crippen LogP contribution in [0.4, 0.5) is 19.0 Å². The fraction of sp³-hybridized carbons (Fsp3) is 0.375. The quantitative estimate of drug-likeness (QED) is 0.805. The molecule has 1 atom stereocenters. The molecule has 5 nitrogen and oxygen atoms in total. The van der Waals surface area contributed by atoms with E-state index in [1.54, 1.807) is 7.05 Å². The minimum Gasteiger partial charge on any atom is -0.473 e. The number of nitrogens with zero attached hydrogens (tertiary/aromatic N) is 3. The zero-order valence-corrected chi connectivity index (χ0v) is 13.0. The summed E-state index contributed by atoms with van der Waals surface area (Å²) in [5.74, 6) is -4.63. The first-order valence-electron chi connectivity index (χ1n) is 8.29. The van der Waals surface area contributed by atoms with Crippen molar-refractivity contribution in [2.45, 2.75) is 32.5 Å². The lowest BCUT2D eigenvalue weighted by Gasteiger charge is -2.34. The van der Waals surface area contributed by atoms with Gasteiger partial charge in [0.25, 0.3) is 0 Å². The molecule has 2 aromatic rings. The Morgan fingerprint density at radius 1 is 1.33 bits per heavy atom. The highest BCUT2D eigenvalue weighted by atomic mass is 19.2. The molecule has 0 unspecified atom stereocenters. The van der Waals surface area contributed by atoms with Gasteiger partial charge in [0.05, 0.1) is 2.74 Å². The topological polar surface area (TPSA) is 47.4 Å². The van der Waals surface area contributed by atoms with Crippen molar-refractivity contribution in [1.82, 2.24) is 9.55 Å². The van der Waals surface area contributed by atoms with Crippen LogP contribution in [-0.2, 0) is 13.1 Å². The molecule has 8 heteroatoms. The molecule has 0 radical (unpaired) electrons. The normalized spacial score (nSPS) is 18.7. The predicted octanol–water partition coefficient (Wildman–Crippen LogP) is 2.47. The van der Waals surface area contributed by atoms with Crippen molar-refractivity contribution in [3.63, 3.8) is 0 Å². The molecule has 0 fully saturated rings. The van der Waals surface area contributed by atoms with E-state index in [1.807, 2.05) is 11.8 Å². The van der Waals surface area contributed by atoms with Crippen molar-refractivity contribution in [3.05, 3.63) is 51.7 Å². The van der Waals surface area contributed by atoms with E-state index in [-0.39, 0.29) is 11.9 Å². The summed E-state index contributed by atoms with van der Waals surface area (Å²) in [6.07, 6.45) is 0.750. The van der Waals surface area contributed by atoms with Gasteiger partial charge in [0, 0.05) is 25.7 Å². The van der Waals surface area contributed by atoms with E-state index >= 15 is 0 Å². The molecule has 1 aliphatic rings. The van der Waals surface area contributed by atoms with Crippen molar-refractivity contribution < 1.29 is 20.6 Å². The lowest BCUT2D eigenvalue weighted by Crippen LogP contribution is -2.41. The van der Waals surface area contributed by atoms with E-state index in [1.165, 1.54) is 10.6 Å². The fourth-order valence-electron chi connectivity index (χ4n) is 2.49. The second-order valence-corrected chi connectivity index (χ2v) is 5.59. The Hall–Kier alpha value is -2.51. The molecular formula is C16H16F3N3O2. The molecule has 0 aliphatic carbocycles. The summed E-state index contributed by atoms with van der Waals surface area (Å²) in [4.78, 5) is 17.7. The van der Waals surface area contributed by atoms with E-state index in [2.05, 4.69) is 4.98 Å². The van der Waals surface area contributed by atoms with Crippen LogP contribution in [0.15, 0.2) is 23.0 Å². The van der Waals surface area contributed by atoms with Gasteiger partial charge in [-0.2, -0.15) is 4.98 Å². The first kappa shape index (κ1) is 13.9. The largest absolute Gasteiger partial charge is 0.473 e. The summed E-state index contributed by atoms with van der Waals surface area (Å²) >= 11 is 0. The number of hydrogen-bond acceptors (Lipinski definition) is 4. The van der Waals surface area contributed by atoms with Gasteiger partial charge in [-0.25, -0.2) is 18.0 Å². The Balaban J connectivity index is 1.98. The Kier molecular flexibility index (Phi) is 3.58. The molecule has 128 valence electrons. The van der Waals surface area contributed by atoms with Crippen molar-refractivity contribution in [2.75, 3.05) is 11.9 Å². The SMILES string of the molecule is [2H]C([2H])(Oc1cc2n(c(=O)n1)CC[C@@H](C)N2C)c1cc(F)c(F)c(F)c1. The Morgan fingerprint density at radius 3 is 2.67 bits per heavy atom. The number of hydrogen-bond donors (Lipinski definition) is 0. The average Bonchev–Trinajstić information content (AvgIpc) is 2.55. The fourth-order valence-corrected chi connectivity index (χ4v) is 2.49. The number of anilines is 1. The number of benzene rings is 1. The zero-order chi connectivity index (χ0) is 19.2.